The van der Waals surface area contributed by atoms with E-state index in [-0.39, 0.29) is 10.8 Å². The molecule has 2 aliphatic carbocycles. The summed E-state index contributed by atoms with van der Waals surface area (Å²) in [5, 5.41) is 2.76. The second-order valence-corrected chi connectivity index (χ2v) is 29.8. The maximum atomic E-state index is 2.62. The second kappa shape index (κ2) is 10.6. The molecule has 4 aromatic carbocycles. The fraction of sp³-hybridized carbons (Fsp3) is 0.385. The van der Waals surface area contributed by atoms with Gasteiger partial charge in [-0.3, -0.25) is 0 Å². The van der Waals surface area contributed by atoms with Gasteiger partial charge in [-0.1, -0.05) is 0 Å². The van der Waals surface area contributed by atoms with Crippen LogP contribution in [0.25, 0.3) is 28.0 Å². The minimum atomic E-state index is -0.685. The summed E-state index contributed by atoms with van der Waals surface area (Å²) in [6, 6.07) is 26.4. The summed E-state index contributed by atoms with van der Waals surface area (Å²) in [6.45, 7) is 22.0. The van der Waals surface area contributed by atoms with E-state index in [4.69, 9.17) is 0 Å². The monoisotopic (exact) mass is 632 g/mol. The van der Waals surface area contributed by atoms with Crippen molar-refractivity contribution < 1.29 is 22.4 Å². The summed E-state index contributed by atoms with van der Waals surface area (Å²) in [5.41, 5.74) is 16.0. The van der Waals surface area contributed by atoms with Gasteiger partial charge in [0.05, 0.1) is 0 Å². The number of hydrogen-bond acceptors (Lipinski definition) is 0. The Bertz CT molecular complexity index is 1670. The molecule has 41 heavy (non-hydrogen) atoms. The van der Waals surface area contributed by atoms with E-state index in [1.54, 1.807) is 27.8 Å². The quantitative estimate of drug-likeness (QED) is 0.192. The van der Waals surface area contributed by atoms with Gasteiger partial charge in [-0.05, 0) is 0 Å². The third-order valence-electron chi connectivity index (χ3n) is 9.25. The number of hydrogen-bond donors (Lipinski definition) is 0. The Morgan fingerprint density at radius 1 is 0.756 bits per heavy atom. The Labute approximate surface area is 260 Å². The first-order valence-electron chi connectivity index (χ1n) is 15.7. The van der Waals surface area contributed by atoms with Gasteiger partial charge in [-0.2, -0.15) is 0 Å². The van der Waals surface area contributed by atoms with Gasteiger partial charge >= 0.3 is 262 Å². The van der Waals surface area contributed by atoms with Gasteiger partial charge in [0, 0.05) is 0 Å². The van der Waals surface area contributed by atoms with E-state index < -0.39 is 28.3 Å². The molecule has 0 N–H and O–H groups in total. The molecule has 0 fully saturated rings. The van der Waals surface area contributed by atoms with Crippen LogP contribution >= 0.6 is 0 Å². The van der Waals surface area contributed by atoms with E-state index in [0.717, 1.165) is 6.42 Å². The number of allylic oxidation sites excluding steroid dienone is 1. The molecule has 4 aromatic rings. The first-order chi connectivity index (χ1) is 19.4. The van der Waals surface area contributed by atoms with E-state index >= 15 is 0 Å². The third-order valence-corrected chi connectivity index (χ3v) is 19.1. The van der Waals surface area contributed by atoms with E-state index in [0.29, 0.717) is 9.54 Å². The van der Waals surface area contributed by atoms with Crippen LogP contribution in [0.3, 0.4) is 0 Å². The first-order valence-corrected chi connectivity index (χ1v) is 24.3. The molecule has 0 bridgehead atoms. The van der Waals surface area contributed by atoms with Crippen LogP contribution in [-0.2, 0) is 33.2 Å². The molecule has 6 rings (SSSR count). The first kappa shape index (κ1) is 29.1. The summed E-state index contributed by atoms with van der Waals surface area (Å²) in [6.07, 6.45) is 4.93. The van der Waals surface area contributed by atoms with Crippen molar-refractivity contribution in [3.05, 3.63) is 111 Å². The van der Waals surface area contributed by atoms with E-state index in [1.807, 2.05) is 0 Å². The zero-order valence-electron chi connectivity index (χ0n) is 26.6. The summed E-state index contributed by atoms with van der Waals surface area (Å²) in [5.74, 6) is -0.333. The van der Waals surface area contributed by atoms with Crippen LogP contribution in [0, 0.1) is 0 Å². The summed E-state index contributed by atoms with van der Waals surface area (Å²) in [7, 11) is 0. The molecule has 2 aliphatic rings. The van der Waals surface area contributed by atoms with Gasteiger partial charge in [-0.25, -0.2) is 0 Å². The van der Waals surface area contributed by atoms with Crippen molar-refractivity contribution in [2.45, 2.75) is 94.8 Å². The third kappa shape index (κ3) is 5.02. The fourth-order valence-corrected chi connectivity index (χ4v) is 17.2. The number of rotatable bonds is 5. The average Bonchev–Trinajstić information content (AvgIpc) is 3.42. The SMILES string of the molecule is CCCC1=Cc2c(ccc3ccccc23)C1c1c(C(C)(C)C)ccc2c1[CH]([Zr][SiH](C)C)c1cc(C(C)(C)C)ccc1-2. The standard InChI is InChI=1S/C37H39.C2H7Si.Zr/c1-8-11-24-21-31-27-13-10-9-12-23(27)14-16-30(31)34(24)35-32-22-25-20-26(36(2,3)4)15-17-28(25)29(32)18-19-33(35)37(5,6)7;1-3-2;/h9-10,12-22,34H,8,11H2,1-7H3;3H,1-2H3;. The van der Waals surface area contributed by atoms with Crippen molar-refractivity contribution in [3.8, 4) is 11.1 Å². The molecule has 2 atom stereocenters. The Kier molecular flexibility index (Phi) is 7.52. The normalized spacial score (nSPS) is 18.0. The molecule has 0 heterocycles. The van der Waals surface area contributed by atoms with Crippen LogP contribution in [-0.4, -0.2) is 5.92 Å². The van der Waals surface area contributed by atoms with Crippen molar-refractivity contribution in [1.29, 1.82) is 0 Å². The van der Waals surface area contributed by atoms with Gasteiger partial charge in [0.1, 0.15) is 0 Å². The topological polar surface area (TPSA) is 0 Å². The van der Waals surface area contributed by atoms with Crippen molar-refractivity contribution in [2.75, 3.05) is 0 Å². The Hall–Kier alpha value is -2.02. The molecule has 0 aliphatic heterocycles. The van der Waals surface area contributed by atoms with Crippen molar-refractivity contribution in [3.63, 3.8) is 0 Å². The minimum absolute atomic E-state index is 0.0808. The Morgan fingerprint density at radius 3 is 2.17 bits per heavy atom. The molecule has 2 heteroatoms. The zero-order chi connectivity index (χ0) is 29.3. The van der Waals surface area contributed by atoms with E-state index in [1.165, 1.54) is 45.0 Å². The Morgan fingerprint density at radius 2 is 1.49 bits per heavy atom. The maximum absolute atomic E-state index is 2.62. The molecule has 0 spiro atoms. The molecule has 0 nitrogen and oxygen atoms in total. The Balaban J connectivity index is 1.67. The van der Waals surface area contributed by atoms with Crippen LogP contribution in [0.5, 0.6) is 0 Å². The van der Waals surface area contributed by atoms with Gasteiger partial charge < -0.3 is 0 Å². The van der Waals surface area contributed by atoms with Gasteiger partial charge in [0.2, 0.25) is 0 Å². The van der Waals surface area contributed by atoms with Crippen LogP contribution in [0.2, 0.25) is 13.1 Å². The van der Waals surface area contributed by atoms with E-state index in [2.05, 4.69) is 134 Å². The molecular weight excluding hydrogens is 588 g/mol. The van der Waals surface area contributed by atoms with Crippen molar-refractivity contribution in [2.24, 2.45) is 0 Å². The predicted molar refractivity (Wildman–Crippen MR) is 179 cm³/mol. The number of benzene rings is 4. The van der Waals surface area contributed by atoms with E-state index in [9.17, 15) is 0 Å². The molecule has 0 radical (unpaired) electrons. The average molecular weight is 634 g/mol. The molecule has 2 unspecified atom stereocenters. The van der Waals surface area contributed by atoms with Crippen LogP contribution < -0.4 is 0 Å². The van der Waals surface area contributed by atoms with Crippen molar-refractivity contribution >= 4 is 22.8 Å². The molecule has 0 saturated carbocycles. The van der Waals surface area contributed by atoms with Crippen LogP contribution in [0.1, 0.15) is 110 Å². The molecular formula is C39H46SiZr. The molecule has 0 saturated heterocycles. The zero-order valence-corrected chi connectivity index (χ0v) is 30.2. The molecule has 0 amide bonds. The van der Waals surface area contributed by atoms with Gasteiger partial charge in [-0.15, -0.1) is 0 Å². The summed E-state index contributed by atoms with van der Waals surface area (Å²) >= 11 is -0.639. The second-order valence-electron chi connectivity index (χ2n) is 14.7. The van der Waals surface area contributed by atoms with Gasteiger partial charge in [0.15, 0.2) is 0 Å². The van der Waals surface area contributed by atoms with Crippen LogP contribution in [0.4, 0.5) is 0 Å². The molecule has 0 aromatic heterocycles. The summed E-state index contributed by atoms with van der Waals surface area (Å²) in [4.78, 5) is 0. The van der Waals surface area contributed by atoms with Gasteiger partial charge in [0.25, 0.3) is 0 Å². The summed E-state index contributed by atoms with van der Waals surface area (Å²) < 4.78 is 0.655. The predicted octanol–water partition coefficient (Wildman–Crippen LogP) is 10.9. The van der Waals surface area contributed by atoms with Crippen LogP contribution in [0.15, 0.2) is 72.3 Å². The van der Waals surface area contributed by atoms with Crippen molar-refractivity contribution in [1.82, 2.24) is 0 Å². The molecule has 210 valence electrons. The number of fused-ring (bicyclic) bond motifs is 6. The fourth-order valence-electron chi connectivity index (χ4n) is 7.36.